The average Bonchev–Trinajstić information content (AvgIpc) is 2.91. The van der Waals surface area contributed by atoms with Crippen LogP contribution in [0, 0.1) is 5.92 Å². The molecule has 0 saturated carbocycles. The molecule has 1 spiro atoms. The van der Waals surface area contributed by atoms with E-state index in [1.165, 1.54) is 11.1 Å². The molecule has 4 aliphatic rings. The van der Waals surface area contributed by atoms with Gasteiger partial charge in [-0.05, 0) is 69.0 Å². The van der Waals surface area contributed by atoms with Crippen molar-refractivity contribution in [2.45, 2.75) is 43.7 Å². The molecule has 25 heavy (non-hydrogen) atoms. The molecule has 134 valence electrons. The van der Waals surface area contributed by atoms with Gasteiger partial charge in [0, 0.05) is 17.0 Å². The van der Waals surface area contributed by atoms with Gasteiger partial charge in [-0.1, -0.05) is 6.07 Å². The van der Waals surface area contributed by atoms with Crippen LogP contribution in [0.4, 0.5) is 0 Å². The van der Waals surface area contributed by atoms with Crippen LogP contribution in [0.1, 0.15) is 30.9 Å². The molecular formula is C20H24ClNO3. The first-order chi connectivity index (χ1) is 11.6. The topological polar surface area (TPSA) is 38.8 Å². The zero-order valence-corrected chi connectivity index (χ0v) is 15.7. The number of methoxy groups -OCH3 is 1. The number of benzene rings is 1. The van der Waals surface area contributed by atoms with Crippen molar-refractivity contribution in [1.82, 2.24) is 4.90 Å². The quantitative estimate of drug-likeness (QED) is 0.812. The summed E-state index contributed by atoms with van der Waals surface area (Å²) in [4.78, 5) is 14.6. The van der Waals surface area contributed by atoms with Crippen LogP contribution in [0.25, 0.3) is 0 Å². The van der Waals surface area contributed by atoms with Crippen LogP contribution < -0.4 is 9.47 Å². The van der Waals surface area contributed by atoms with Gasteiger partial charge in [0.05, 0.1) is 7.11 Å². The molecule has 1 saturated heterocycles. The Morgan fingerprint density at radius 2 is 2.16 bits per heavy atom. The average molecular weight is 362 g/mol. The van der Waals surface area contributed by atoms with Crippen LogP contribution in [0.5, 0.6) is 11.5 Å². The third-order valence-corrected chi connectivity index (χ3v) is 6.89. The minimum atomic E-state index is -0.0308. The Hall–Kier alpha value is -1.52. The van der Waals surface area contributed by atoms with Crippen LogP contribution >= 0.6 is 12.4 Å². The summed E-state index contributed by atoms with van der Waals surface area (Å²) in [5, 5.41) is 0. The van der Waals surface area contributed by atoms with Gasteiger partial charge in [0.1, 0.15) is 6.10 Å². The van der Waals surface area contributed by atoms with Crippen molar-refractivity contribution in [3.8, 4) is 11.5 Å². The number of hydrogen-bond donors (Lipinski definition) is 0. The minimum absolute atomic E-state index is 0. The van der Waals surface area contributed by atoms with Gasteiger partial charge >= 0.3 is 0 Å². The van der Waals surface area contributed by atoms with Crippen molar-refractivity contribution in [1.29, 1.82) is 0 Å². The lowest BCUT2D eigenvalue weighted by Crippen LogP contribution is -2.63. The van der Waals surface area contributed by atoms with Crippen LogP contribution in [0.3, 0.4) is 0 Å². The van der Waals surface area contributed by atoms with Crippen molar-refractivity contribution in [2.24, 2.45) is 5.92 Å². The van der Waals surface area contributed by atoms with Gasteiger partial charge in [0.25, 0.3) is 0 Å². The molecular weight excluding hydrogens is 338 g/mol. The van der Waals surface area contributed by atoms with E-state index in [0.29, 0.717) is 12.0 Å². The third kappa shape index (κ3) is 1.95. The normalized spacial score (nSPS) is 34.4. The maximum absolute atomic E-state index is 12.1. The molecule has 2 bridgehead atoms. The highest BCUT2D eigenvalue weighted by Crippen LogP contribution is 2.63. The first-order valence-electron chi connectivity index (χ1n) is 8.85. The number of ketones is 1. The maximum Gasteiger partial charge on any atom is 0.166 e. The van der Waals surface area contributed by atoms with E-state index >= 15 is 0 Å². The number of rotatable bonds is 2. The number of likely N-dealkylation sites (tertiary alicyclic amines) is 1. The van der Waals surface area contributed by atoms with Crippen LogP contribution in [0.15, 0.2) is 23.8 Å². The highest BCUT2D eigenvalue weighted by Gasteiger charge is 2.63. The molecule has 0 radical (unpaired) electrons. The zero-order chi connectivity index (χ0) is 16.6. The zero-order valence-electron chi connectivity index (χ0n) is 14.9. The number of nitrogens with zero attached hydrogens (tertiary/aromatic N) is 1. The summed E-state index contributed by atoms with van der Waals surface area (Å²) in [6.45, 7) is 2.76. The van der Waals surface area contributed by atoms with E-state index in [0.717, 1.165) is 42.9 Å². The first kappa shape index (κ1) is 16.9. The van der Waals surface area contributed by atoms with Gasteiger partial charge in [-0.3, -0.25) is 4.79 Å². The molecule has 2 aliphatic carbocycles. The molecule has 2 heterocycles. The highest BCUT2D eigenvalue weighted by atomic mass is 35.5. The monoisotopic (exact) mass is 361 g/mol. The number of Topliss-reactive ketones (excluding diaryl/α,β-unsaturated/α-hetero) is 1. The molecule has 0 amide bonds. The molecule has 5 heteroatoms. The fraction of sp³-hybridized carbons (Fsp3) is 0.550. The Morgan fingerprint density at radius 3 is 2.88 bits per heavy atom. The van der Waals surface area contributed by atoms with Gasteiger partial charge in [-0.2, -0.15) is 0 Å². The second-order valence-electron chi connectivity index (χ2n) is 7.77. The van der Waals surface area contributed by atoms with Gasteiger partial charge in [-0.25, -0.2) is 0 Å². The predicted molar refractivity (Wildman–Crippen MR) is 97.9 cm³/mol. The van der Waals surface area contributed by atoms with E-state index in [1.807, 2.05) is 6.07 Å². The Balaban J connectivity index is 0.00000157. The summed E-state index contributed by atoms with van der Waals surface area (Å²) in [6, 6.07) is 4.74. The maximum atomic E-state index is 12.1. The van der Waals surface area contributed by atoms with E-state index < -0.39 is 0 Å². The van der Waals surface area contributed by atoms with E-state index in [-0.39, 0.29) is 29.7 Å². The van der Waals surface area contributed by atoms with Gasteiger partial charge < -0.3 is 14.4 Å². The molecule has 0 N–H and O–H groups in total. The summed E-state index contributed by atoms with van der Waals surface area (Å²) in [7, 11) is 3.93. The number of ether oxygens (including phenoxy) is 2. The number of likely N-dealkylation sites (N-methyl/N-ethyl adjacent to an activating group) is 1. The summed E-state index contributed by atoms with van der Waals surface area (Å²) in [6.07, 6.45) is 5.08. The highest BCUT2D eigenvalue weighted by molar-refractivity contribution is 5.94. The molecule has 1 aromatic carbocycles. The number of hydrogen-bond acceptors (Lipinski definition) is 4. The Kier molecular flexibility index (Phi) is 3.71. The largest absolute Gasteiger partial charge is 0.493 e. The van der Waals surface area contributed by atoms with Crippen molar-refractivity contribution in [2.75, 3.05) is 20.7 Å². The van der Waals surface area contributed by atoms with E-state index in [2.05, 4.69) is 24.1 Å². The van der Waals surface area contributed by atoms with Crippen LogP contribution in [-0.2, 0) is 16.6 Å². The lowest BCUT2D eigenvalue weighted by molar-refractivity contribution is -0.114. The van der Waals surface area contributed by atoms with Gasteiger partial charge in [-0.15, -0.1) is 12.4 Å². The molecule has 2 aliphatic heterocycles. The first-order valence-corrected chi connectivity index (χ1v) is 8.85. The lowest BCUT2D eigenvalue weighted by atomic mass is 9.52. The van der Waals surface area contributed by atoms with Crippen LogP contribution in [-0.4, -0.2) is 43.5 Å². The number of allylic oxidation sites excluding steroid dienone is 1. The molecule has 0 aromatic heterocycles. The van der Waals surface area contributed by atoms with E-state index in [4.69, 9.17) is 9.47 Å². The fourth-order valence-electron chi connectivity index (χ4n) is 5.74. The van der Waals surface area contributed by atoms with E-state index in [9.17, 15) is 4.79 Å². The summed E-state index contributed by atoms with van der Waals surface area (Å²) >= 11 is 0. The van der Waals surface area contributed by atoms with Gasteiger partial charge in [0.2, 0.25) is 0 Å². The predicted octanol–water partition coefficient (Wildman–Crippen LogP) is 2.91. The number of halogens is 1. The SMILES string of the molecule is COc1ccc2c3c1OC1C=C(C(C)=O)CC4C(C2)N(C)CCC314.Cl. The second-order valence-corrected chi connectivity index (χ2v) is 7.77. The van der Waals surface area contributed by atoms with Gasteiger partial charge in [0.15, 0.2) is 17.3 Å². The second kappa shape index (κ2) is 5.49. The summed E-state index contributed by atoms with van der Waals surface area (Å²) in [5.41, 5.74) is 3.74. The summed E-state index contributed by atoms with van der Waals surface area (Å²) in [5.74, 6) is 2.38. The van der Waals surface area contributed by atoms with Crippen LogP contribution in [0.2, 0.25) is 0 Å². The van der Waals surface area contributed by atoms with Crippen molar-refractivity contribution < 1.29 is 14.3 Å². The molecule has 5 rings (SSSR count). The fourth-order valence-corrected chi connectivity index (χ4v) is 5.74. The molecule has 1 aromatic rings. The Morgan fingerprint density at radius 1 is 1.36 bits per heavy atom. The van der Waals surface area contributed by atoms with Crippen molar-refractivity contribution in [3.05, 3.63) is 34.9 Å². The van der Waals surface area contributed by atoms with Crippen molar-refractivity contribution in [3.63, 3.8) is 0 Å². The standard InChI is InChI=1S/C20H23NO3.ClH/c1-11(22)13-8-14-15-9-12-4-5-16(23-3)19-18(12)20(14,6-7-21(15)2)17(10-13)24-19;/h4-5,10,14-15,17H,6-9H2,1-3H3;1H. The Bertz CT molecular complexity index is 789. The number of carbonyl (C=O) groups is 1. The third-order valence-electron chi connectivity index (χ3n) is 6.89. The molecule has 1 fully saturated rings. The Labute approximate surface area is 154 Å². The van der Waals surface area contributed by atoms with E-state index in [1.54, 1.807) is 14.0 Å². The number of carbonyl (C=O) groups excluding carboxylic acids is 1. The molecule has 4 atom stereocenters. The number of piperidine rings is 1. The smallest absolute Gasteiger partial charge is 0.166 e. The summed E-state index contributed by atoms with van der Waals surface area (Å²) < 4.78 is 12.0. The van der Waals surface area contributed by atoms with Crippen molar-refractivity contribution >= 4 is 18.2 Å². The minimum Gasteiger partial charge on any atom is -0.493 e. The molecule has 4 nitrogen and oxygen atoms in total. The molecule has 4 unspecified atom stereocenters. The lowest BCUT2D eigenvalue weighted by Gasteiger charge is -2.56.